The van der Waals surface area contributed by atoms with E-state index in [0.717, 1.165) is 12.8 Å². The molecule has 0 aromatic carbocycles. The first-order chi connectivity index (χ1) is 9.70. The summed E-state index contributed by atoms with van der Waals surface area (Å²) < 4.78 is 5.00. The number of thiophene rings is 1. The second-order valence-corrected chi connectivity index (χ2v) is 5.29. The lowest BCUT2D eigenvalue weighted by Crippen LogP contribution is -2.23. The predicted molar refractivity (Wildman–Crippen MR) is 78.2 cm³/mol. The summed E-state index contributed by atoms with van der Waals surface area (Å²) in [6.45, 7) is 2.74. The zero-order chi connectivity index (χ0) is 14.4. The van der Waals surface area contributed by atoms with Gasteiger partial charge in [0.25, 0.3) is 11.8 Å². The van der Waals surface area contributed by atoms with Gasteiger partial charge in [0.1, 0.15) is 0 Å². The molecule has 0 aliphatic carbocycles. The molecule has 0 unspecified atom stereocenters. The SMILES string of the molecule is CCCCNC(=O)c1ccc(NC(=O)c2ccco2)s1. The number of hydrogen-bond donors (Lipinski definition) is 2. The van der Waals surface area contributed by atoms with E-state index in [1.54, 1.807) is 24.3 Å². The topological polar surface area (TPSA) is 71.3 Å². The number of amides is 2. The molecule has 2 aromatic heterocycles. The number of nitrogens with one attached hydrogen (secondary N) is 2. The minimum absolute atomic E-state index is 0.109. The normalized spacial score (nSPS) is 10.2. The van der Waals surface area contributed by atoms with Crippen LogP contribution < -0.4 is 10.6 Å². The number of hydrogen-bond acceptors (Lipinski definition) is 4. The number of unbranched alkanes of at least 4 members (excludes halogenated alkanes) is 1. The molecule has 0 bridgehead atoms. The summed E-state index contributed by atoms with van der Waals surface area (Å²) in [4.78, 5) is 24.2. The first-order valence-corrected chi connectivity index (χ1v) is 7.25. The van der Waals surface area contributed by atoms with Crippen LogP contribution in [-0.2, 0) is 0 Å². The molecule has 6 heteroatoms. The largest absolute Gasteiger partial charge is 0.459 e. The molecule has 0 atom stereocenters. The Labute approximate surface area is 121 Å². The van der Waals surface area contributed by atoms with E-state index in [0.29, 0.717) is 16.4 Å². The van der Waals surface area contributed by atoms with Gasteiger partial charge < -0.3 is 15.1 Å². The maximum Gasteiger partial charge on any atom is 0.291 e. The van der Waals surface area contributed by atoms with Crippen molar-refractivity contribution in [1.82, 2.24) is 5.32 Å². The molecule has 0 spiro atoms. The number of carbonyl (C=O) groups is 2. The Morgan fingerprint density at radius 1 is 1.25 bits per heavy atom. The van der Waals surface area contributed by atoms with E-state index in [2.05, 4.69) is 17.6 Å². The molecule has 2 aromatic rings. The van der Waals surface area contributed by atoms with Crippen LogP contribution in [-0.4, -0.2) is 18.4 Å². The van der Waals surface area contributed by atoms with Gasteiger partial charge in [-0.1, -0.05) is 13.3 Å². The fourth-order valence-corrected chi connectivity index (χ4v) is 2.39. The van der Waals surface area contributed by atoms with E-state index in [1.807, 2.05) is 0 Å². The number of furan rings is 1. The van der Waals surface area contributed by atoms with E-state index < -0.39 is 0 Å². The van der Waals surface area contributed by atoms with Gasteiger partial charge in [0.2, 0.25) is 0 Å². The molecule has 20 heavy (non-hydrogen) atoms. The molecule has 0 radical (unpaired) electrons. The quantitative estimate of drug-likeness (QED) is 0.803. The smallest absolute Gasteiger partial charge is 0.291 e. The average molecular weight is 292 g/mol. The summed E-state index contributed by atoms with van der Waals surface area (Å²) in [7, 11) is 0. The zero-order valence-corrected chi connectivity index (χ0v) is 12.0. The molecule has 2 rings (SSSR count). The van der Waals surface area contributed by atoms with Crippen LogP contribution in [0.4, 0.5) is 5.00 Å². The van der Waals surface area contributed by atoms with Crippen molar-refractivity contribution < 1.29 is 14.0 Å². The second-order valence-electron chi connectivity index (χ2n) is 4.20. The summed E-state index contributed by atoms with van der Waals surface area (Å²) in [6, 6.07) is 6.64. The highest BCUT2D eigenvalue weighted by molar-refractivity contribution is 7.18. The van der Waals surface area contributed by atoms with Crippen LogP contribution in [0.5, 0.6) is 0 Å². The van der Waals surface area contributed by atoms with E-state index in [1.165, 1.54) is 17.6 Å². The highest BCUT2D eigenvalue weighted by atomic mass is 32.1. The fraction of sp³-hybridized carbons (Fsp3) is 0.286. The highest BCUT2D eigenvalue weighted by Gasteiger charge is 2.12. The van der Waals surface area contributed by atoms with Crippen molar-refractivity contribution in [3.63, 3.8) is 0 Å². The Morgan fingerprint density at radius 2 is 2.10 bits per heavy atom. The molecule has 0 fully saturated rings. The molecule has 2 N–H and O–H groups in total. The third-order valence-corrected chi connectivity index (χ3v) is 3.63. The lowest BCUT2D eigenvalue weighted by atomic mass is 10.3. The Bertz CT molecular complexity index is 575. The third kappa shape index (κ3) is 3.71. The number of anilines is 1. The fourth-order valence-electron chi connectivity index (χ4n) is 1.57. The van der Waals surface area contributed by atoms with Crippen molar-refractivity contribution in [3.05, 3.63) is 41.2 Å². The van der Waals surface area contributed by atoms with Gasteiger partial charge in [0.05, 0.1) is 16.1 Å². The average Bonchev–Trinajstić information content (AvgIpc) is 3.10. The van der Waals surface area contributed by atoms with E-state index >= 15 is 0 Å². The van der Waals surface area contributed by atoms with Gasteiger partial charge in [-0.25, -0.2) is 0 Å². The van der Waals surface area contributed by atoms with Crippen LogP contribution >= 0.6 is 11.3 Å². The van der Waals surface area contributed by atoms with Gasteiger partial charge >= 0.3 is 0 Å². The molecule has 0 aliphatic heterocycles. The minimum atomic E-state index is -0.324. The maximum absolute atomic E-state index is 11.8. The van der Waals surface area contributed by atoms with Crippen molar-refractivity contribution in [3.8, 4) is 0 Å². The summed E-state index contributed by atoms with van der Waals surface area (Å²) in [5.74, 6) is -0.191. The molecule has 2 amide bonds. The summed E-state index contributed by atoms with van der Waals surface area (Å²) in [5, 5.41) is 6.14. The molecule has 106 valence electrons. The molecule has 0 aliphatic rings. The Morgan fingerprint density at radius 3 is 2.80 bits per heavy atom. The lowest BCUT2D eigenvalue weighted by molar-refractivity contribution is 0.0955. The van der Waals surface area contributed by atoms with Gasteiger partial charge in [-0.2, -0.15) is 0 Å². The van der Waals surface area contributed by atoms with E-state index in [9.17, 15) is 9.59 Å². The molecule has 2 heterocycles. The highest BCUT2D eigenvalue weighted by Crippen LogP contribution is 2.22. The second kappa shape index (κ2) is 6.91. The third-order valence-electron chi connectivity index (χ3n) is 2.63. The molecule has 5 nitrogen and oxygen atoms in total. The lowest BCUT2D eigenvalue weighted by Gasteiger charge is -2.01. The first-order valence-electron chi connectivity index (χ1n) is 6.43. The summed E-state index contributed by atoms with van der Waals surface area (Å²) in [5.41, 5.74) is 0. The van der Waals surface area contributed by atoms with Gasteiger partial charge in [-0.3, -0.25) is 9.59 Å². The van der Waals surface area contributed by atoms with Crippen molar-refractivity contribution in [2.24, 2.45) is 0 Å². The van der Waals surface area contributed by atoms with Crippen LogP contribution in [0.3, 0.4) is 0 Å². The van der Waals surface area contributed by atoms with Gasteiger partial charge in [-0.15, -0.1) is 11.3 Å². The molecule has 0 saturated carbocycles. The van der Waals surface area contributed by atoms with Crippen molar-refractivity contribution in [2.45, 2.75) is 19.8 Å². The summed E-state index contributed by atoms with van der Waals surface area (Å²) >= 11 is 1.24. The van der Waals surface area contributed by atoms with E-state index in [-0.39, 0.29) is 17.6 Å². The number of rotatable bonds is 6. The monoisotopic (exact) mass is 292 g/mol. The summed E-state index contributed by atoms with van der Waals surface area (Å²) in [6.07, 6.45) is 3.43. The van der Waals surface area contributed by atoms with Gasteiger partial charge in [0, 0.05) is 6.54 Å². The maximum atomic E-state index is 11.8. The van der Waals surface area contributed by atoms with Crippen LogP contribution in [0.15, 0.2) is 34.9 Å². The van der Waals surface area contributed by atoms with Crippen molar-refractivity contribution in [1.29, 1.82) is 0 Å². The Kier molecular flexibility index (Phi) is 4.95. The van der Waals surface area contributed by atoms with Crippen molar-refractivity contribution in [2.75, 3.05) is 11.9 Å². The van der Waals surface area contributed by atoms with Gasteiger partial charge in [0.15, 0.2) is 5.76 Å². The number of carbonyl (C=O) groups excluding carboxylic acids is 2. The predicted octanol–water partition coefficient (Wildman–Crippen LogP) is 3.12. The first kappa shape index (κ1) is 14.3. The van der Waals surface area contributed by atoms with Crippen LogP contribution in [0.2, 0.25) is 0 Å². The van der Waals surface area contributed by atoms with Crippen LogP contribution in [0, 0.1) is 0 Å². The Hall–Kier alpha value is -2.08. The molecule has 0 saturated heterocycles. The van der Waals surface area contributed by atoms with Crippen molar-refractivity contribution >= 4 is 28.2 Å². The van der Waals surface area contributed by atoms with Crippen LogP contribution in [0.25, 0.3) is 0 Å². The Balaban J connectivity index is 1.92. The van der Waals surface area contributed by atoms with Crippen LogP contribution in [0.1, 0.15) is 40.0 Å². The molecular weight excluding hydrogens is 276 g/mol. The minimum Gasteiger partial charge on any atom is -0.459 e. The standard InChI is InChI=1S/C14H16N2O3S/c1-2-3-8-15-14(18)11-6-7-12(20-11)16-13(17)10-5-4-9-19-10/h4-7,9H,2-3,8H2,1H3,(H,15,18)(H,16,17). The molecular formula is C14H16N2O3S. The zero-order valence-electron chi connectivity index (χ0n) is 11.1. The van der Waals surface area contributed by atoms with E-state index in [4.69, 9.17) is 4.42 Å². The van der Waals surface area contributed by atoms with Gasteiger partial charge in [-0.05, 0) is 30.7 Å².